The summed E-state index contributed by atoms with van der Waals surface area (Å²) in [6.45, 7) is 0. The van der Waals surface area contributed by atoms with Gasteiger partial charge in [0.05, 0.1) is 23.7 Å². The van der Waals surface area contributed by atoms with Crippen molar-refractivity contribution in [2.24, 2.45) is 11.8 Å². The number of carbonyl (C=O) groups is 1. The summed E-state index contributed by atoms with van der Waals surface area (Å²) in [6.07, 6.45) is 3.30. The summed E-state index contributed by atoms with van der Waals surface area (Å²) in [5.41, 5.74) is 1.65. The maximum Gasteiger partial charge on any atom is 0.224 e. The van der Waals surface area contributed by atoms with Gasteiger partial charge in [-0.3, -0.25) is 9.89 Å². The second-order valence-corrected chi connectivity index (χ2v) is 8.82. The lowest BCUT2D eigenvalue weighted by Crippen LogP contribution is -2.34. The molecule has 3 N–H and O–H groups in total. The van der Waals surface area contributed by atoms with Gasteiger partial charge in [0.1, 0.15) is 0 Å². The van der Waals surface area contributed by atoms with E-state index in [1.165, 1.54) is 0 Å². The second-order valence-electron chi connectivity index (χ2n) is 7.95. The fourth-order valence-corrected chi connectivity index (χ4v) is 5.07. The first-order valence-corrected chi connectivity index (χ1v) is 10.1. The molecule has 7 heteroatoms. The fourth-order valence-electron chi connectivity index (χ4n) is 4.72. The molecule has 2 aromatic carbocycles. The number of aliphatic hydroxyl groups is 1. The number of halogens is 2. The summed E-state index contributed by atoms with van der Waals surface area (Å²) < 4.78 is 0. The highest BCUT2D eigenvalue weighted by atomic mass is 35.5. The van der Waals surface area contributed by atoms with Crippen LogP contribution in [0.2, 0.25) is 10.0 Å². The number of carbonyl (C=O) groups excluding carboxylic acids is 1. The number of H-pyrrole nitrogens is 1. The van der Waals surface area contributed by atoms with Crippen LogP contribution in [0, 0.1) is 11.8 Å². The Morgan fingerprint density at radius 3 is 2.61 bits per heavy atom. The first-order valence-electron chi connectivity index (χ1n) is 9.32. The summed E-state index contributed by atoms with van der Waals surface area (Å²) in [6, 6.07) is 11.1. The quantitative estimate of drug-likeness (QED) is 0.605. The van der Waals surface area contributed by atoms with Crippen LogP contribution >= 0.6 is 23.2 Å². The van der Waals surface area contributed by atoms with Crippen LogP contribution in [0.3, 0.4) is 0 Å². The van der Waals surface area contributed by atoms with Crippen molar-refractivity contribution in [2.45, 2.75) is 30.9 Å². The van der Waals surface area contributed by atoms with Gasteiger partial charge in [-0.05, 0) is 60.1 Å². The summed E-state index contributed by atoms with van der Waals surface area (Å²) in [5.74, 6) is 0.588. The van der Waals surface area contributed by atoms with Crippen LogP contribution in [-0.4, -0.2) is 27.3 Å². The number of hydrogen-bond acceptors (Lipinski definition) is 3. The zero-order chi connectivity index (χ0) is 19.5. The Bertz CT molecular complexity index is 1050. The SMILES string of the molecule is O=C(Cc1ccc(Cl)cc1)N[C@H]1[C@@H]2C[C@@](O)(c3cc(Cl)cc4[nH]ncc34)C[C@@H]21. The molecule has 28 heavy (non-hydrogen) atoms. The molecular weight excluding hydrogens is 397 g/mol. The van der Waals surface area contributed by atoms with Crippen molar-refractivity contribution in [1.29, 1.82) is 0 Å². The normalized spacial score (nSPS) is 28.3. The lowest BCUT2D eigenvalue weighted by atomic mass is 9.86. The molecule has 2 aliphatic rings. The van der Waals surface area contributed by atoms with Crippen molar-refractivity contribution < 1.29 is 9.90 Å². The molecule has 5 rings (SSSR count). The second kappa shape index (κ2) is 6.48. The zero-order valence-corrected chi connectivity index (χ0v) is 16.5. The monoisotopic (exact) mass is 415 g/mol. The van der Waals surface area contributed by atoms with Gasteiger partial charge < -0.3 is 10.4 Å². The number of fused-ring (bicyclic) bond motifs is 2. The van der Waals surface area contributed by atoms with E-state index >= 15 is 0 Å². The van der Waals surface area contributed by atoms with Crippen molar-refractivity contribution in [3.8, 4) is 0 Å². The maximum absolute atomic E-state index is 12.4. The molecule has 0 saturated heterocycles. The molecule has 2 fully saturated rings. The van der Waals surface area contributed by atoms with E-state index in [-0.39, 0.29) is 11.9 Å². The molecule has 4 atom stereocenters. The summed E-state index contributed by atoms with van der Waals surface area (Å²) >= 11 is 12.1. The molecule has 2 saturated carbocycles. The van der Waals surface area contributed by atoms with E-state index in [9.17, 15) is 9.90 Å². The molecule has 1 amide bonds. The third kappa shape index (κ3) is 3.08. The molecule has 5 nitrogen and oxygen atoms in total. The van der Waals surface area contributed by atoms with E-state index in [1.807, 2.05) is 24.3 Å². The van der Waals surface area contributed by atoms with Crippen LogP contribution in [0.15, 0.2) is 42.6 Å². The Morgan fingerprint density at radius 2 is 1.89 bits per heavy atom. The van der Waals surface area contributed by atoms with Gasteiger partial charge in [-0.25, -0.2) is 0 Å². The fraction of sp³-hybridized carbons (Fsp3) is 0.333. The number of nitrogens with zero attached hydrogens (tertiary/aromatic N) is 1. The van der Waals surface area contributed by atoms with Crippen LogP contribution in [0.25, 0.3) is 10.9 Å². The topological polar surface area (TPSA) is 78.0 Å². The van der Waals surface area contributed by atoms with Gasteiger partial charge in [0.15, 0.2) is 0 Å². The standard InChI is InChI=1S/C21H19Cl2N3O2/c22-12-3-1-11(2-4-12)5-19(27)25-20-14-8-21(28,9-15(14)20)17-6-13(23)7-18-16(17)10-24-26-18/h1-4,6-7,10,14-15,20,28H,5,8-9H2,(H,24,26)(H,25,27)/t14-,15+,20+,21+. The Morgan fingerprint density at radius 1 is 1.18 bits per heavy atom. The van der Waals surface area contributed by atoms with E-state index in [1.54, 1.807) is 18.3 Å². The summed E-state index contributed by atoms with van der Waals surface area (Å²) in [7, 11) is 0. The number of aromatic nitrogens is 2. The average Bonchev–Trinajstić information content (AvgIpc) is 3.03. The highest BCUT2D eigenvalue weighted by molar-refractivity contribution is 6.31. The molecule has 2 aliphatic carbocycles. The third-order valence-corrected chi connectivity index (χ3v) is 6.58. The van der Waals surface area contributed by atoms with Crippen molar-refractivity contribution in [3.05, 3.63) is 63.8 Å². The van der Waals surface area contributed by atoms with Crippen molar-refractivity contribution in [3.63, 3.8) is 0 Å². The maximum atomic E-state index is 12.4. The van der Waals surface area contributed by atoms with E-state index < -0.39 is 5.60 Å². The van der Waals surface area contributed by atoms with Crippen molar-refractivity contribution in [2.75, 3.05) is 0 Å². The number of rotatable bonds is 4. The first-order chi connectivity index (χ1) is 13.4. The largest absolute Gasteiger partial charge is 0.385 e. The molecule has 3 aromatic rings. The van der Waals surface area contributed by atoms with Crippen molar-refractivity contribution in [1.82, 2.24) is 15.5 Å². The lowest BCUT2D eigenvalue weighted by Gasteiger charge is -2.27. The summed E-state index contributed by atoms with van der Waals surface area (Å²) in [4.78, 5) is 12.4. The van der Waals surface area contributed by atoms with Crippen LogP contribution in [0.5, 0.6) is 0 Å². The molecule has 0 unspecified atom stereocenters. The lowest BCUT2D eigenvalue weighted by molar-refractivity contribution is -0.120. The Labute approximate surface area is 172 Å². The summed E-state index contributed by atoms with van der Waals surface area (Å²) in [5, 5.41) is 23.5. The van der Waals surface area contributed by atoms with Crippen LogP contribution in [0.4, 0.5) is 0 Å². The zero-order valence-electron chi connectivity index (χ0n) is 15.0. The molecular formula is C21H19Cl2N3O2. The van der Waals surface area contributed by atoms with E-state index in [0.29, 0.717) is 41.1 Å². The number of hydrogen-bond donors (Lipinski definition) is 3. The van der Waals surface area contributed by atoms with Crippen molar-refractivity contribution >= 4 is 40.0 Å². The van der Waals surface area contributed by atoms with Gasteiger partial charge in [-0.1, -0.05) is 35.3 Å². The molecule has 0 spiro atoms. The number of benzene rings is 2. The number of nitrogens with one attached hydrogen (secondary N) is 2. The smallest absolute Gasteiger partial charge is 0.224 e. The minimum absolute atomic E-state index is 0.00485. The first kappa shape index (κ1) is 18.0. The van der Waals surface area contributed by atoms with E-state index in [2.05, 4.69) is 15.5 Å². The highest BCUT2D eigenvalue weighted by Gasteiger charge is 2.62. The number of aromatic amines is 1. The molecule has 0 bridgehead atoms. The van der Waals surface area contributed by atoms with Gasteiger partial charge in [-0.15, -0.1) is 0 Å². The van der Waals surface area contributed by atoms with Gasteiger partial charge in [0, 0.05) is 21.5 Å². The minimum atomic E-state index is -0.931. The molecule has 1 aromatic heterocycles. The third-order valence-electron chi connectivity index (χ3n) is 6.11. The van der Waals surface area contributed by atoms with Crippen LogP contribution in [0.1, 0.15) is 24.0 Å². The number of amides is 1. The van der Waals surface area contributed by atoms with E-state index in [4.69, 9.17) is 23.2 Å². The van der Waals surface area contributed by atoms with Crippen LogP contribution in [-0.2, 0) is 16.8 Å². The van der Waals surface area contributed by atoms with Gasteiger partial charge in [0.2, 0.25) is 5.91 Å². The van der Waals surface area contributed by atoms with Crippen LogP contribution < -0.4 is 5.32 Å². The molecule has 144 valence electrons. The Kier molecular flexibility index (Phi) is 4.16. The molecule has 0 radical (unpaired) electrons. The van der Waals surface area contributed by atoms with Gasteiger partial charge in [0.25, 0.3) is 0 Å². The predicted octanol–water partition coefficient (Wildman–Crippen LogP) is 3.82. The molecule has 0 aliphatic heterocycles. The molecule has 1 heterocycles. The van der Waals surface area contributed by atoms with Gasteiger partial charge >= 0.3 is 0 Å². The minimum Gasteiger partial charge on any atom is -0.385 e. The average molecular weight is 416 g/mol. The Balaban J connectivity index is 1.26. The van der Waals surface area contributed by atoms with Gasteiger partial charge in [-0.2, -0.15) is 5.10 Å². The Hall–Kier alpha value is -2.08. The predicted molar refractivity (Wildman–Crippen MR) is 108 cm³/mol. The van der Waals surface area contributed by atoms with E-state index in [0.717, 1.165) is 22.0 Å². The highest BCUT2D eigenvalue weighted by Crippen LogP contribution is 2.60.